The van der Waals surface area contributed by atoms with Gasteiger partial charge < -0.3 is 14.8 Å². The van der Waals surface area contributed by atoms with Crippen molar-refractivity contribution in [1.82, 2.24) is 9.88 Å². The summed E-state index contributed by atoms with van der Waals surface area (Å²) >= 11 is 0. The lowest BCUT2D eigenvalue weighted by Gasteiger charge is -2.26. The predicted octanol–water partition coefficient (Wildman–Crippen LogP) is 2.90. The number of ether oxygens (including phenoxy) is 1. The number of H-pyrrole nitrogens is 1. The van der Waals surface area contributed by atoms with Crippen molar-refractivity contribution in [2.45, 2.75) is 31.9 Å². The van der Waals surface area contributed by atoms with Crippen LogP contribution in [0.25, 0.3) is 0 Å². The van der Waals surface area contributed by atoms with E-state index >= 15 is 0 Å². The summed E-state index contributed by atoms with van der Waals surface area (Å²) in [5, 5.41) is 10.3. The highest BCUT2D eigenvalue weighted by Crippen LogP contribution is 2.30. The number of aromatic amines is 1. The SMILES string of the molecule is Cc1cccc(OCC(O)CN2CCCC2c2ccc[nH]2)c1. The standard InChI is InChI=1S/C18H24N2O2/c1-14-5-2-6-16(11-14)22-13-15(21)12-20-10-4-8-18(20)17-7-3-9-19-17/h2-3,5-7,9,11,15,18-19,21H,4,8,10,12-13H2,1H3. The molecule has 2 heterocycles. The number of nitrogens with zero attached hydrogens (tertiary/aromatic N) is 1. The van der Waals surface area contributed by atoms with Crippen molar-refractivity contribution in [3.05, 3.63) is 53.9 Å². The molecular formula is C18H24N2O2. The first-order valence-corrected chi connectivity index (χ1v) is 7.97. The molecule has 0 radical (unpaired) electrons. The molecular weight excluding hydrogens is 276 g/mol. The van der Waals surface area contributed by atoms with Crippen LogP contribution in [0.3, 0.4) is 0 Å². The molecule has 1 aromatic heterocycles. The Hall–Kier alpha value is -1.78. The molecule has 0 aliphatic carbocycles. The van der Waals surface area contributed by atoms with E-state index in [1.807, 2.05) is 43.5 Å². The maximum Gasteiger partial charge on any atom is 0.119 e. The largest absolute Gasteiger partial charge is 0.491 e. The first kappa shape index (κ1) is 15.1. The molecule has 2 atom stereocenters. The summed E-state index contributed by atoms with van der Waals surface area (Å²) in [5.74, 6) is 0.821. The molecule has 22 heavy (non-hydrogen) atoms. The molecule has 4 heteroatoms. The minimum absolute atomic E-state index is 0.331. The zero-order chi connectivity index (χ0) is 15.4. The number of β-amino-alcohol motifs (C(OH)–C–C–N with tert-alkyl or cyclic N) is 1. The van der Waals surface area contributed by atoms with Crippen molar-refractivity contribution < 1.29 is 9.84 Å². The van der Waals surface area contributed by atoms with Gasteiger partial charge in [-0.1, -0.05) is 12.1 Å². The summed E-state index contributed by atoms with van der Waals surface area (Å²) in [6, 6.07) is 12.5. The van der Waals surface area contributed by atoms with E-state index in [0.29, 0.717) is 19.2 Å². The fourth-order valence-electron chi connectivity index (χ4n) is 3.17. The second-order valence-corrected chi connectivity index (χ2v) is 6.06. The molecule has 1 aliphatic heterocycles. The molecule has 0 bridgehead atoms. The predicted molar refractivity (Wildman–Crippen MR) is 87.0 cm³/mol. The first-order chi connectivity index (χ1) is 10.7. The maximum atomic E-state index is 10.3. The van der Waals surface area contributed by atoms with Crippen LogP contribution in [0.1, 0.15) is 30.1 Å². The fraction of sp³-hybridized carbons (Fsp3) is 0.444. The van der Waals surface area contributed by atoms with Gasteiger partial charge in [0.1, 0.15) is 18.5 Å². The Labute approximate surface area is 131 Å². The number of aliphatic hydroxyl groups excluding tert-OH is 1. The van der Waals surface area contributed by atoms with Crippen LogP contribution in [0.5, 0.6) is 5.75 Å². The number of aliphatic hydroxyl groups is 1. The second kappa shape index (κ2) is 6.99. The molecule has 1 saturated heterocycles. The molecule has 1 aromatic carbocycles. The topological polar surface area (TPSA) is 48.5 Å². The Balaban J connectivity index is 1.52. The van der Waals surface area contributed by atoms with E-state index < -0.39 is 6.10 Å². The van der Waals surface area contributed by atoms with E-state index in [-0.39, 0.29) is 0 Å². The van der Waals surface area contributed by atoms with Crippen LogP contribution >= 0.6 is 0 Å². The van der Waals surface area contributed by atoms with E-state index in [1.54, 1.807) is 0 Å². The fourth-order valence-corrected chi connectivity index (χ4v) is 3.17. The smallest absolute Gasteiger partial charge is 0.119 e. The quantitative estimate of drug-likeness (QED) is 0.862. The second-order valence-electron chi connectivity index (χ2n) is 6.06. The van der Waals surface area contributed by atoms with Crippen molar-refractivity contribution in [2.24, 2.45) is 0 Å². The first-order valence-electron chi connectivity index (χ1n) is 7.97. The lowest BCUT2D eigenvalue weighted by atomic mass is 10.1. The van der Waals surface area contributed by atoms with E-state index in [0.717, 1.165) is 18.7 Å². The number of hydrogen-bond donors (Lipinski definition) is 2. The summed E-state index contributed by atoms with van der Waals surface area (Å²) in [7, 11) is 0. The lowest BCUT2D eigenvalue weighted by molar-refractivity contribution is 0.0633. The van der Waals surface area contributed by atoms with Crippen molar-refractivity contribution in [1.29, 1.82) is 0 Å². The van der Waals surface area contributed by atoms with Gasteiger partial charge >= 0.3 is 0 Å². The van der Waals surface area contributed by atoms with E-state index in [2.05, 4.69) is 16.0 Å². The number of likely N-dealkylation sites (tertiary alicyclic amines) is 1. The van der Waals surface area contributed by atoms with Crippen LogP contribution < -0.4 is 4.74 Å². The van der Waals surface area contributed by atoms with E-state index in [1.165, 1.54) is 17.7 Å². The number of benzene rings is 1. The molecule has 1 aliphatic rings. The zero-order valence-corrected chi connectivity index (χ0v) is 13.0. The molecule has 118 valence electrons. The molecule has 0 spiro atoms. The molecule has 3 rings (SSSR count). The van der Waals surface area contributed by atoms with Gasteiger partial charge in [0, 0.05) is 24.5 Å². The van der Waals surface area contributed by atoms with Gasteiger partial charge in [0.15, 0.2) is 0 Å². The zero-order valence-electron chi connectivity index (χ0n) is 13.0. The average Bonchev–Trinajstić information content (AvgIpc) is 3.16. The van der Waals surface area contributed by atoms with E-state index in [9.17, 15) is 5.11 Å². The van der Waals surface area contributed by atoms with Crippen molar-refractivity contribution in [2.75, 3.05) is 19.7 Å². The summed E-state index contributed by atoms with van der Waals surface area (Å²) in [6.07, 6.45) is 3.81. The monoisotopic (exact) mass is 300 g/mol. The molecule has 2 aromatic rings. The van der Waals surface area contributed by atoms with Crippen LogP contribution in [0.4, 0.5) is 0 Å². The average molecular weight is 300 g/mol. The summed E-state index contributed by atoms with van der Waals surface area (Å²) < 4.78 is 5.70. The lowest BCUT2D eigenvalue weighted by Crippen LogP contribution is -2.35. The highest BCUT2D eigenvalue weighted by Gasteiger charge is 2.28. The van der Waals surface area contributed by atoms with Gasteiger partial charge in [-0.15, -0.1) is 0 Å². The summed E-state index contributed by atoms with van der Waals surface area (Å²) in [5.41, 5.74) is 2.41. The van der Waals surface area contributed by atoms with Gasteiger partial charge in [0.05, 0.1) is 0 Å². The highest BCUT2D eigenvalue weighted by atomic mass is 16.5. The Kier molecular flexibility index (Phi) is 4.80. The number of hydrogen-bond acceptors (Lipinski definition) is 3. The van der Waals surface area contributed by atoms with Crippen LogP contribution in [0, 0.1) is 6.92 Å². The Bertz CT molecular complexity index is 583. The van der Waals surface area contributed by atoms with E-state index in [4.69, 9.17) is 4.74 Å². The van der Waals surface area contributed by atoms with Gasteiger partial charge in [-0.2, -0.15) is 0 Å². The van der Waals surface area contributed by atoms with Crippen LogP contribution in [-0.4, -0.2) is 40.8 Å². The van der Waals surface area contributed by atoms with Crippen molar-refractivity contribution >= 4 is 0 Å². The number of aromatic nitrogens is 1. The summed E-state index contributed by atoms with van der Waals surface area (Å²) in [4.78, 5) is 5.64. The maximum absolute atomic E-state index is 10.3. The van der Waals surface area contributed by atoms with Gasteiger partial charge in [-0.05, 0) is 56.1 Å². The third-order valence-corrected chi connectivity index (χ3v) is 4.22. The highest BCUT2D eigenvalue weighted by molar-refractivity contribution is 5.27. The van der Waals surface area contributed by atoms with Crippen LogP contribution in [0.15, 0.2) is 42.6 Å². The normalized spacial score (nSPS) is 20.2. The van der Waals surface area contributed by atoms with Crippen molar-refractivity contribution in [3.63, 3.8) is 0 Å². The summed E-state index contributed by atoms with van der Waals surface area (Å²) in [6.45, 7) is 4.05. The molecule has 4 nitrogen and oxygen atoms in total. The van der Waals surface area contributed by atoms with Crippen LogP contribution in [-0.2, 0) is 0 Å². The third kappa shape index (κ3) is 3.70. The minimum atomic E-state index is -0.476. The van der Waals surface area contributed by atoms with Crippen molar-refractivity contribution in [3.8, 4) is 5.75 Å². The Morgan fingerprint density at radius 3 is 3.05 bits per heavy atom. The van der Waals surface area contributed by atoms with Gasteiger partial charge in [0.25, 0.3) is 0 Å². The van der Waals surface area contributed by atoms with Gasteiger partial charge in [-0.25, -0.2) is 0 Å². The number of nitrogens with one attached hydrogen (secondary N) is 1. The molecule has 0 amide bonds. The Morgan fingerprint density at radius 2 is 2.27 bits per heavy atom. The Morgan fingerprint density at radius 1 is 1.36 bits per heavy atom. The molecule has 2 unspecified atom stereocenters. The minimum Gasteiger partial charge on any atom is -0.491 e. The third-order valence-electron chi connectivity index (χ3n) is 4.22. The number of rotatable bonds is 6. The van der Waals surface area contributed by atoms with Gasteiger partial charge in [0.2, 0.25) is 0 Å². The molecule has 2 N–H and O–H groups in total. The number of aryl methyl sites for hydroxylation is 1. The van der Waals surface area contributed by atoms with Crippen LogP contribution in [0.2, 0.25) is 0 Å². The molecule has 0 saturated carbocycles. The molecule has 1 fully saturated rings. The van der Waals surface area contributed by atoms with Gasteiger partial charge in [-0.3, -0.25) is 4.90 Å².